The molecule has 1 unspecified atom stereocenters. The van der Waals surface area contributed by atoms with Crippen molar-refractivity contribution in [1.82, 2.24) is 10.6 Å². The SMILES string of the molecule is CCNC(=NCc1ccc(O)c(OCC)c1)NC1CCCN(c2ccccc2)C1.I. The Hall–Kier alpha value is -2.16. The van der Waals surface area contributed by atoms with E-state index in [0.29, 0.717) is 24.9 Å². The lowest BCUT2D eigenvalue weighted by Crippen LogP contribution is -2.51. The van der Waals surface area contributed by atoms with Crippen molar-refractivity contribution in [2.75, 3.05) is 31.1 Å². The molecule has 164 valence electrons. The Morgan fingerprint density at radius 3 is 2.73 bits per heavy atom. The summed E-state index contributed by atoms with van der Waals surface area (Å²) in [5.41, 5.74) is 2.27. The molecule has 6 nitrogen and oxygen atoms in total. The third-order valence-corrected chi connectivity index (χ3v) is 4.97. The summed E-state index contributed by atoms with van der Waals surface area (Å²) < 4.78 is 5.47. The summed E-state index contributed by atoms with van der Waals surface area (Å²) in [6, 6.07) is 16.3. The number of guanidine groups is 1. The van der Waals surface area contributed by atoms with Crippen molar-refractivity contribution in [3.05, 3.63) is 54.1 Å². The topological polar surface area (TPSA) is 69.1 Å². The van der Waals surface area contributed by atoms with Crippen molar-refractivity contribution in [1.29, 1.82) is 0 Å². The number of para-hydroxylation sites is 1. The fourth-order valence-electron chi connectivity index (χ4n) is 3.58. The maximum Gasteiger partial charge on any atom is 0.191 e. The molecule has 0 saturated carbocycles. The maximum absolute atomic E-state index is 9.87. The Morgan fingerprint density at radius 1 is 1.20 bits per heavy atom. The van der Waals surface area contributed by atoms with Crippen LogP contribution in [0.25, 0.3) is 0 Å². The van der Waals surface area contributed by atoms with Gasteiger partial charge in [0.1, 0.15) is 0 Å². The fraction of sp³-hybridized carbons (Fsp3) is 0.435. The van der Waals surface area contributed by atoms with Crippen LogP contribution in [0.5, 0.6) is 11.5 Å². The van der Waals surface area contributed by atoms with E-state index in [-0.39, 0.29) is 29.7 Å². The van der Waals surface area contributed by atoms with Crippen molar-refractivity contribution >= 4 is 35.6 Å². The molecule has 1 aliphatic heterocycles. The number of nitrogens with zero attached hydrogens (tertiary/aromatic N) is 2. The van der Waals surface area contributed by atoms with Gasteiger partial charge in [0, 0.05) is 31.4 Å². The first-order valence-electron chi connectivity index (χ1n) is 10.5. The first kappa shape index (κ1) is 24.1. The second-order valence-corrected chi connectivity index (χ2v) is 7.20. The number of phenolic OH excluding ortho intramolecular Hbond substituents is 1. The average molecular weight is 524 g/mol. The number of anilines is 1. The number of benzene rings is 2. The van der Waals surface area contributed by atoms with Gasteiger partial charge in [-0.05, 0) is 56.5 Å². The fourth-order valence-corrected chi connectivity index (χ4v) is 3.58. The van der Waals surface area contributed by atoms with E-state index >= 15 is 0 Å². The van der Waals surface area contributed by atoms with Gasteiger partial charge in [-0.1, -0.05) is 24.3 Å². The van der Waals surface area contributed by atoms with Crippen LogP contribution in [0.15, 0.2) is 53.5 Å². The lowest BCUT2D eigenvalue weighted by Gasteiger charge is -2.35. The van der Waals surface area contributed by atoms with Crippen molar-refractivity contribution in [2.45, 2.75) is 39.3 Å². The third kappa shape index (κ3) is 6.97. The first-order chi connectivity index (χ1) is 14.2. The average Bonchev–Trinajstić information content (AvgIpc) is 2.75. The van der Waals surface area contributed by atoms with Gasteiger partial charge in [0.2, 0.25) is 0 Å². The second-order valence-electron chi connectivity index (χ2n) is 7.20. The summed E-state index contributed by atoms with van der Waals surface area (Å²) >= 11 is 0. The van der Waals surface area contributed by atoms with Crippen LogP contribution < -0.4 is 20.3 Å². The molecule has 7 heteroatoms. The molecule has 3 N–H and O–H groups in total. The van der Waals surface area contributed by atoms with Gasteiger partial charge >= 0.3 is 0 Å². The molecular formula is C23H33IN4O2. The minimum atomic E-state index is 0. The number of aliphatic imine (C=N–C) groups is 1. The lowest BCUT2D eigenvalue weighted by atomic mass is 10.1. The predicted octanol–water partition coefficient (Wildman–Crippen LogP) is 4.13. The quantitative estimate of drug-likeness (QED) is 0.289. The van der Waals surface area contributed by atoms with Gasteiger partial charge in [-0.2, -0.15) is 0 Å². The number of ether oxygens (including phenoxy) is 1. The molecule has 1 heterocycles. The number of hydrogen-bond acceptors (Lipinski definition) is 4. The highest BCUT2D eigenvalue weighted by molar-refractivity contribution is 14.0. The Balaban J connectivity index is 0.00000320. The monoisotopic (exact) mass is 524 g/mol. The number of aromatic hydroxyl groups is 1. The predicted molar refractivity (Wildman–Crippen MR) is 134 cm³/mol. The zero-order valence-corrected chi connectivity index (χ0v) is 20.1. The molecule has 1 fully saturated rings. The van der Waals surface area contributed by atoms with Crippen LogP contribution >= 0.6 is 24.0 Å². The Morgan fingerprint density at radius 2 is 2.00 bits per heavy atom. The molecule has 3 rings (SSSR count). The van der Waals surface area contributed by atoms with E-state index in [2.05, 4.69) is 52.8 Å². The molecule has 0 bridgehead atoms. The van der Waals surface area contributed by atoms with E-state index in [9.17, 15) is 5.11 Å². The van der Waals surface area contributed by atoms with Crippen LogP contribution in [0, 0.1) is 0 Å². The third-order valence-electron chi connectivity index (χ3n) is 4.97. The number of halogens is 1. The van der Waals surface area contributed by atoms with E-state index < -0.39 is 0 Å². The minimum absolute atomic E-state index is 0. The van der Waals surface area contributed by atoms with E-state index in [0.717, 1.165) is 44.0 Å². The molecular weight excluding hydrogens is 491 g/mol. The normalized spacial score (nSPS) is 16.5. The van der Waals surface area contributed by atoms with Crippen LogP contribution in [-0.4, -0.2) is 43.3 Å². The summed E-state index contributed by atoms with van der Waals surface area (Å²) in [5, 5.41) is 16.8. The van der Waals surface area contributed by atoms with Crippen LogP contribution in [0.3, 0.4) is 0 Å². The molecule has 30 heavy (non-hydrogen) atoms. The molecule has 1 aliphatic rings. The van der Waals surface area contributed by atoms with Crippen LogP contribution in [-0.2, 0) is 6.54 Å². The van der Waals surface area contributed by atoms with Gasteiger partial charge in [-0.3, -0.25) is 0 Å². The number of piperidine rings is 1. The molecule has 0 amide bonds. The number of phenols is 1. The van der Waals surface area contributed by atoms with Crippen molar-refractivity contribution < 1.29 is 9.84 Å². The van der Waals surface area contributed by atoms with Crippen molar-refractivity contribution in [2.24, 2.45) is 4.99 Å². The van der Waals surface area contributed by atoms with Crippen LogP contribution in [0.1, 0.15) is 32.3 Å². The van der Waals surface area contributed by atoms with Gasteiger partial charge < -0.3 is 25.4 Å². The molecule has 0 aliphatic carbocycles. The first-order valence-corrected chi connectivity index (χ1v) is 10.5. The summed E-state index contributed by atoms with van der Waals surface area (Å²) in [7, 11) is 0. The number of rotatable bonds is 7. The number of hydrogen-bond donors (Lipinski definition) is 3. The summed E-state index contributed by atoms with van der Waals surface area (Å²) in [6.07, 6.45) is 2.28. The Kier molecular flexibility index (Phi) is 10.1. The van der Waals surface area contributed by atoms with Crippen molar-refractivity contribution in [3.63, 3.8) is 0 Å². The van der Waals surface area contributed by atoms with Gasteiger partial charge in [-0.15, -0.1) is 24.0 Å². The standard InChI is InChI=1S/C23H32N4O2.HI/c1-3-24-23(25-16-18-12-13-21(28)22(15-18)29-4-2)26-19-9-8-14-27(17-19)20-10-6-5-7-11-20;/h5-7,10-13,15,19,28H,3-4,8-9,14,16-17H2,1-2H3,(H2,24,25,26);1H. The van der Waals surface area contributed by atoms with Crippen LogP contribution in [0.2, 0.25) is 0 Å². The maximum atomic E-state index is 9.87. The summed E-state index contributed by atoms with van der Waals surface area (Å²) in [5.74, 6) is 1.48. The molecule has 0 aromatic heterocycles. The Labute approximate surface area is 196 Å². The molecule has 1 saturated heterocycles. The molecule has 2 aromatic carbocycles. The summed E-state index contributed by atoms with van der Waals surface area (Å²) in [4.78, 5) is 7.17. The largest absolute Gasteiger partial charge is 0.504 e. The smallest absolute Gasteiger partial charge is 0.191 e. The highest BCUT2D eigenvalue weighted by atomic mass is 127. The van der Waals surface area contributed by atoms with Crippen molar-refractivity contribution in [3.8, 4) is 11.5 Å². The lowest BCUT2D eigenvalue weighted by molar-refractivity contribution is 0.318. The van der Waals surface area contributed by atoms with Gasteiger partial charge in [0.25, 0.3) is 0 Å². The minimum Gasteiger partial charge on any atom is -0.504 e. The zero-order chi connectivity index (χ0) is 20.5. The highest BCUT2D eigenvalue weighted by Gasteiger charge is 2.20. The van der Waals surface area contributed by atoms with E-state index in [1.54, 1.807) is 6.07 Å². The van der Waals surface area contributed by atoms with E-state index in [4.69, 9.17) is 9.73 Å². The molecule has 0 spiro atoms. The van der Waals surface area contributed by atoms with Gasteiger partial charge in [0.15, 0.2) is 17.5 Å². The highest BCUT2D eigenvalue weighted by Crippen LogP contribution is 2.27. The second kappa shape index (κ2) is 12.5. The Bertz CT molecular complexity index is 801. The van der Waals surface area contributed by atoms with Gasteiger partial charge in [0.05, 0.1) is 13.2 Å². The molecule has 0 radical (unpaired) electrons. The van der Waals surface area contributed by atoms with Gasteiger partial charge in [-0.25, -0.2) is 4.99 Å². The summed E-state index contributed by atoms with van der Waals surface area (Å²) in [6.45, 7) is 7.86. The van der Waals surface area contributed by atoms with E-state index in [1.807, 2.05) is 19.1 Å². The zero-order valence-electron chi connectivity index (χ0n) is 17.8. The van der Waals surface area contributed by atoms with E-state index in [1.165, 1.54) is 5.69 Å². The van der Waals surface area contributed by atoms with Crippen LogP contribution in [0.4, 0.5) is 5.69 Å². The number of nitrogens with one attached hydrogen (secondary N) is 2. The molecule has 1 atom stereocenters. The molecule has 2 aromatic rings.